The third-order valence-electron chi connectivity index (χ3n) is 2.65. The Morgan fingerprint density at radius 2 is 2.11 bits per heavy atom. The van der Waals surface area contributed by atoms with E-state index >= 15 is 0 Å². The standard InChI is InChI=1S/C12H12ClFO4/c1-16-11(15)8-5-17-12(18-6-8)7-2-3-9(13)10(14)4-7/h2-4,8,12H,5-6H2,1H3. The van der Waals surface area contributed by atoms with E-state index in [9.17, 15) is 9.18 Å². The maximum Gasteiger partial charge on any atom is 0.313 e. The maximum atomic E-state index is 13.3. The van der Waals surface area contributed by atoms with Gasteiger partial charge in [-0.1, -0.05) is 17.7 Å². The number of hydrogen-bond acceptors (Lipinski definition) is 4. The maximum absolute atomic E-state index is 13.3. The molecule has 6 heteroatoms. The number of carbonyl (C=O) groups excluding carboxylic acids is 1. The van der Waals surface area contributed by atoms with E-state index in [1.54, 1.807) is 6.07 Å². The van der Waals surface area contributed by atoms with Crippen LogP contribution in [0.3, 0.4) is 0 Å². The Morgan fingerprint density at radius 3 is 2.67 bits per heavy atom. The zero-order valence-corrected chi connectivity index (χ0v) is 10.4. The molecular weight excluding hydrogens is 263 g/mol. The lowest BCUT2D eigenvalue weighted by Gasteiger charge is -2.28. The number of hydrogen-bond donors (Lipinski definition) is 0. The normalized spacial score (nSPS) is 23.7. The van der Waals surface area contributed by atoms with Crippen molar-refractivity contribution in [2.75, 3.05) is 20.3 Å². The van der Waals surface area contributed by atoms with Gasteiger partial charge in [-0.05, 0) is 12.1 Å². The summed E-state index contributed by atoms with van der Waals surface area (Å²) in [4.78, 5) is 11.2. The van der Waals surface area contributed by atoms with Crippen LogP contribution in [-0.4, -0.2) is 26.3 Å². The van der Waals surface area contributed by atoms with Gasteiger partial charge in [-0.15, -0.1) is 0 Å². The van der Waals surface area contributed by atoms with E-state index in [2.05, 4.69) is 4.74 Å². The molecule has 18 heavy (non-hydrogen) atoms. The van der Waals surface area contributed by atoms with E-state index in [1.165, 1.54) is 19.2 Å². The summed E-state index contributed by atoms with van der Waals surface area (Å²) in [6.07, 6.45) is -0.683. The van der Waals surface area contributed by atoms with Gasteiger partial charge in [0.2, 0.25) is 0 Å². The molecule has 0 atom stereocenters. The van der Waals surface area contributed by atoms with Crippen LogP contribution >= 0.6 is 11.6 Å². The Labute approximate surface area is 109 Å². The molecule has 1 aliphatic heterocycles. The Hall–Kier alpha value is -1.17. The van der Waals surface area contributed by atoms with Crippen molar-refractivity contribution < 1.29 is 23.4 Å². The number of rotatable bonds is 2. The highest BCUT2D eigenvalue weighted by molar-refractivity contribution is 6.30. The van der Waals surface area contributed by atoms with Gasteiger partial charge >= 0.3 is 5.97 Å². The lowest BCUT2D eigenvalue weighted by molar-refractivity contribution is -0.212. The quantitative estimate of drug-likeness (QED) is 0.777. The van der Waals surface area contributed by atoms with Gasteiger partial charge < -0.3 is 14.2 Å². The molecule has 1 aromatic rings. The van der Waals surface area contributed by atoms with E-state index in [0.717, 1.165) is 0 Å². The molecule has 1 heterocycles. The van der Waals surface area contributed by atoms with Crippen molar-refractivity contribution in [1.29, 1.82) is 0 Å². The first-order valence-electron chi connectivity index (χ1n) is 5.38. The summed E-state index contributed by atoms with van der Waals surface area (Å²) in [5, 5.41) is 0.0435. The minimum absolute atomic E-state index is 0.0435. The summed E-state index contributed by atoms with van der Waals surface area (Å²) in [6, 6.07) is 4.31. The van der Waals surface area contributed by atoms with E-state index < -0.39 is 18.0 Å². The lowest BCUT2D eigenvalue weighted by atomic mass is 10.1. The average Bonchev–Trinajstić information content (AvgIpc) is 2.41. The van der Waals surface area contributed by atoms with Gasteiger partial charge in [0.15, 0.2) is 6.29 Å². The largest absolute Gasteiger partial charge is 0.469 e. The molecule has 0 saturated carbocycles. The van der Waals surface area contributed by atoms with Gasteiger partial charge in [0, 0.05) is 5.56 Å². The predicted molar refractivity (Wildman–Crippen MR) is 61.6 cm³/mol. The summed E-state index contributed by atoms with van der Waals surface area (Å²) in [5.74, 6) is -1.35. The minimum Gasteiger partial charge on any atom is -0.469 e. The second kappa shape index (κ2) is 5.65. The first kappa shape index (κ1) is 13.3. The van der Waals surface area contributed by atoms with Crippen LogP contribution in [0.4, 0.5) is 4.39 Å². The highest BCUT2D eigenvalue weighted by Gasteiger charge is 2.29. The fourth-order valence-electron chi connectivity index (χ4n) is 1.66. The summed E-state index contributed by atoms with van der Waals surface area (Å²) in [7, 11) is 1.31. The number of carbonyl (C=O) groups is 1. The molecule has 2 rings (SSSR count). The monoisotopic (exact) mass is 274 g/mol. The molecule has 0 N–H and O–H groups in total. The molecule has 0 spiro atoms. The second-order valence-corrected chi connectivity index (χ2v) is 4.30. The third kappa shape index (κ3) is 2.80. The van der Waals surface area contributed by atoms with E-state index in [-0.39, 0.29) is 24.2 Å². The Bertz CT molecular complexity index is 444. The Balaban J connectivity index is 2.01. The van der Waals surface area contributed by atoms with Crippen LogP contribution in [0.2, 0.25) is 5.02 Å². The van der Waals surface area contributed by atoms with Crippen LogP contribution in [0, 0.1) is 11.7 Å². The first-order chi connectivity index (χ1) is 8.61. The number of benzene rings is 1. The number of halogens is 2. The molecule has 1 fully saturated rings. The van der Waals surface area contributed by atoms with Crippen molar-refractivity contribution in [2.45, 2.75) is 6.29 Å². The van der Waals surface area contributed by atoms with Crippen LogP contribution < -0.4 is 0 Å². The van der Waals surface area contributed by atoms with Gasteiger partial charge in [-0.2, -0.15) is 0 Å². The first-order valence-corrected chi connectivity index (χ1v) is 5.75. The van der Waals surface area contributed by atoms with E-state index in [1.807, 2.05) is 0 Å². The smallest absolute Gasteiger partial charge is 0.313 e. The van der Waals surface area contributed by atoms with Crippen molar-refractivity contribution >= 4 is 17.6 Å². The van der Waals surface area contributed by atoms with Crippen LogP contribution in [-0.2, 0) is 19.0 Å². The number of methoxy groups -OCH3 is 1. The Morgan fingerprint density at radius 1 is 1.44 bits per heavy atom. The van der Waals surface area contributed by atoms with Crippen LogP contribution in [0.1, 0.15) is 11.9 Å². The minimum atomic E-state index is -0.683. The molecule has 0 radical (unpaired) electrons. The molecule has 0 bridgehead atoms. The van der Waals surface area contributed by atoms with Gasteiger partial charge in [-0.3, -0.25) is 4.79 Å². The lowest BCUT2D eigenvalue weighted by Crippen LogP contribution is -2.33. The molecule has 1 aliphatic rings. The predicted octanol–water partition coefficient (Wildman–Crippen LogP) is 2.31. The van der Waals surface area contributed by atoms with Crippen LogP contribution in [0.5, 0.6) is 0 Å². The summed E-state index contributed by atoms with van der Waals surface area (Å²) >= 11 is 5.59. The third-order valence-corrected chi connectivity index (χ3v) is 2.95. The molecule has 1 aromatic carbocycles. The van der Waals surface area contributed by atoms with Gasteiger partial charge in [-0.25, -0.2) is 4.39 Å². The zero-order chi connectivity index (χ0) is 13.1. The molecule has 0 aliphatic carbocycles. The van der Waals surface area contributed by atoms with Gasteiger partial charge in [0.05, 0.1) is 25.3 Å². The van der Waals surface area contributed by atoms with Crippen molar-refractivity contribution in [1.82, 2.24) is 0 Å². The van der Waals surface area contributed by atoms with Crippen LogP contribution in [0.25, 0.3) is 0 Å². The molecular formula is C12H12ClFO4. The Kier molecular flexibility index (Phi) is 4.16. The second-order valence-electron chi connectivity index (χ2n) is 3.89. The van der Waals surface area contributed by atoms with Gasteiger partial charge in [0.1, 0.15) is 11.7 Å². The molecule has 0 amide bonds. The van der Waals surface area contributed by atoms with E-state index in [4.69, 9.17) is 21.1 Å². The van der Waals surface area contributed by atoms with Crippen LogP contribution in [0.15, 0.2) is 18.2 Å². The average molecular weight is 275 g/mol. The van der Waals surface area contributed by atoms with Crippen molar-refractivity contribution in [3.05, 3.63) is 34.6 Å². The van der Waals surface area contributed by atoms with Crippen molar-refractivity contribution in [3.63, 3.8) is 0 Å². The highest BCUT2D eigenvalue weighted by atomic mass is 35.5. The molecule has 4 nitrogen and oxygen atoms in total. The number of esters is 1. The van der Waals surface area contributed by atoms with E-state index in [0.29, 0.717) is 5.56 Å². The summed E-state index contributed by atoms with van der Waals surface area (Å²) in [5.41, 5.74) is 0.528. The van der Waals surface area contributed by atoms with Crippen molar-refractivity contribution in [3.8, 4) is 0 Å². The number of ether oxygens (including phenoxy) is 3. The summed E-state index contributed by atoms with van der Waals surface area (Å²) in [6.45, 7) is 0.364. The topological polar surface area (TPSA) is 44.8 Å². The molecule has 1 saturated heterocycles. The SMILES string of the molecule is COC(=O)C1COC(c2ccc(Cl)c(F)c2)OC1. The zero-order valence-electron chi connectivity index (χ0n) is 9.69. The highest BCUT2D eigenvalue weighted by Crippen LogP contribution is 2.27. The fourth-order valence-corrected chi connectivity index (χ4v) is 1.78. The molecule has 0 unspecified atom stereocenters. The molecule has 98 valence electrons. The van der Waals surface area contributed by atoms with Gasteiger partial charge in [0.25, 0.3) is 0 Å². The fraction of sp³-hybridized carbons (Fsp3) is 0.417. The summed E-state index contributed by atoms with van der Waals surface area (Å²) < 4.78 is 28.6. The molecule has 0 aromatic heterocycles. The van der Waals surface area contributed by atoms with Crippen molar-refractivity contribution in [2.24, 2.45) is 5.92 Å².